The SMILES string of the molecule is C=CCn1c(=O)n(CC=C)c(=O)n(CC(=O)Nc2sccc2C(=O)OCC)c1=O. The summed E-state index contributed by atoms with van der Waals surface area (Å²) in [6.07, 6.45) is 2.65. The molecule has 0 saturated carbocycles. The molecule has 0 spiro atoms. The minimum atomic E-state index is -0.938. The van der Waals surface area contributed by atoms with Crippen LogP contribution in [0, 0.1) is 0 Å². The Balaban J connectivity index is 2.39. The molecule has 154 valence electrons. The first-order valence-corrected chi connectivity index (χ1v) is 9.44. The van der Waals surface area contributed by atoms with Crippen LogP contribution in [-0.2, 0) is 29.2 Å². The molecule has 0 bridgehead atoms. The molecule has 0 aliphatic heterocycles. The number of hydrogen-bond acceptors (Lipinski definition) is 7. The van der Waals surface area contributed by atoms with Gasteiger partial charge in [-0.1, -0.05) is 12.2 Å². The first-order chi connectivity index (χ1) is 13.8. The number of anilines is 1. The molecule has 2 heterocycles. The van der Waals surface area contributed by atoms with Gasteiger partial charge in [-0.25, -0.2) is 32.9 Å². The minimum Gasteiger partial charge on any atom is -0.462 e. The largest absolute Gasteiger partial charge is 0.462 e. The number of carbonyl (C=O) groups is 2. The van der Waals surface area contributed by atoms with Crippen molar-refractivity contribution in [2.45, 2.75) is 26.6 Å². The van der Waals surface area contributed by atoms with Crippen molar-refractivity contribution in [3.8, 4) is 0 Å². The van der Waals surface area contributed by atoms with Crippen molar-refractivity contribution in [1.29, 1.82) is 0 Å². The molecule has 0 unspecified atom stereocenters. The normalized spacial score (nSPS) is 10.4. The van der Waals surface area contributed by atoms with Crippen LogP contribution in [0.5, 0.6) is 0 Å². The van der Waals surface area contributed by atoms with Gasteiger partial charge in [-0.3, -0.25) is 4.79 Å². The molecule has 10 nitrogen and oxygen atoms in total. The molecular formula is C18H20N4O6S. The lowest BCUT2D eigenvalue weighted by atomic mass is 10.3. The maximum atomic E-state index is 12.5. The topological polar surface area (TPSA) is 121 Å². The molecule has 0 atom stereocenters. The fraction of sp³-hybridized carbons (Fsp3) is 0.278. The second-order valence-corrected chi connectivity index (χ2v) is 6.58. The molecule has 0 aromatic carbocycles. The van der Waals surface area contributed by atoms with Crippen molar-refractivity contribution >= 4 is 28.2 Å². The molecule has 1 amide bonds. The zero-order chi connectivity index (χ0) is 21.6. The van der Waals surface area contributed by atoms with E-state index < -0.39 is 35.5 Å². The highest BCUT2D eigenvalue weighted by Crippen LogP contribution is 2.23. The molecule has 0 aliphatic carbocycles. The summed E-state index contributed by atoms with van der Waals surface area (Å²) in [5.74, 6) is -1.32. The number of nitrogens with zero attached hydrogens (tertiary/aromatic N) is 3. The van der Waals surface area contributed by atoms with Crippen LogP contribution < -0.4 is 22.4 Å². The Morgan fingerprint density at radius 3 is 2.14 bits per heavy atom. The maximum absolute atomic E-state index is 12.5. The number of rotatable bonds is 9. The molecule has 0 fully saturated rings. The number of amides is 1. The zero-order valence-corrected chi connectivity index (χ0v) is 16.6. The molecule has 2 aromatic rings. The monoisotopic (exact) mass is 420 g/mol. The van der Waals surface area contributed by atoms with E-state index in [2.05, 4.69) is 18.5 Å². The van der Waals surface area contributed by atoms with E-state index in [4.69, 9.17) is 4.74 Å². The van der Waals surface area contributed by atoms with Crippen LogP contribution >= 0.6 is 11.3 Å². The second-order valence-electron chi connectivity index (χ2n) is 5.66. The highest BCUT2D eigenvalue weighted by Gasteiger charge is 2.19. The highest BCUT2D eigenvalue weighted by atomic mass is 32.1. The number of esters is 1. The van der Waals surface area contributed by atoms with Crippen molar-refractivity contribution in [3.63, 3.8) is 0 Å². The number of aromatic nitrogens is 3. The number of hydrogen-bond donors (Lipinski definition) is 1. The van der Waals surface area contributed by atoms with Gasteiger partial charge in [0.1, 0.15) is 11.5 Å². The molecule has 0 aliphatic rings. The number of carbonyl (C=O) groups excluding carboxylic acids is 2. The van der Waals surface area contributed by atoms with E-state index in [0.29, 0.717) is 4.57 Å². The van der Waals surface area contributed by atoms with E-state index in [-0.39, 0.29) is 30.3 Å². The van der Waals surface area contributed by atoms with Gasteiger partial charge in [0.25, 0.3) is 0 Å². The van der Waals surface area contributed by atoms with Gasteiger partial charge in [0, 0.05) is 0 Å². The van der Waals surface area contributed by atoms with Crippen molar-refractivity contribution in [1.82, 2.24) is 13.7 Å². The third-order valence-electron chi connectivity index (χ3n) is 3.72. The summed E-state index contributed by atoms with van der Waals surface area (Å²) in [6.45, 7) is 7.88. The zero-order valence-electron chi connectivity index (χ0n) is 15.8. The first-order valence-electron chi connectivity index (χ1n) is 8.56. The Kier molecular flexibility index (Phi) is 7.26. The Morgan fingerprint density at radius 1 is 1.07 bits per heavy atom. The van der Waals surface area contributed by atoms with E-state index in [0.717, 1.165) is 20.5 Å². The van der Waals surface area contributed by atoms with Gasteiger partial charge in [0.15, 0.2) is 0 Å². The molecule has 1 N–H and O–H groups in total. The second kappa shape index (κ2) is 9.64. The Bertz CT molecular complexity index is 1070. The van der Waals surface area contributed by atoms with Crippen molar-refractivity contribution in [3.05, 3.63) is 73.8 Å². The van der Waals surface area contributed by atoms with Crippen molar-refractivity contribution in [2.24, 2.45) is 0 Å². The molecule has 11 heteroatoms. The highest BCUT2D eigenvalue weighted by molar-refractivity contribution is 7.14. The van der Waals surface area contributed by atoms with Crippen LogP contribution in [0.4, 0.5) is 5.00 Å². The quantitative estimate of drug-likeness (QED) is 0.464. The van der Waals surface area contributed by atoms with Gasteiger partial charge in [0.2, 0.25) is 5.91 Å². The lowest BCUT2D eigenvalue weighted by Crippen LogP contribution is -2.55. The van der Waals surface area contributed by atoms with E-state index in [1.54, 1.807) is 12.3 Å². The van der Waals surface area contributed by atoms with Crippen LogP contribution in [-0.4, -0.2) is 32.2 Å². The summed E-state index contributed by atoms with van der Waals surface area (Å²) in [5, 5.41) is 4.32. The van der Waals surface area contributed by atoms with Gasteiger partial charge in [-0.15, -0.1) is 24.5 Å². The Morgan fingerprint density at radius 2 is 1.62 bits per heavy atom. The van der Waals surface area contributed by atoms with Crippen LogP contribution in [0.15, 0.2) is 51.1 Å². The summed E-state index contributed by atoms with van der Waals surface area (Å²) in [5.41, 5.74) is -2.53. The number of thiophene rings is 1. The van der Waals surface area contributed by atoms with Crippen LogP contribution in [0.1, 0.15) is 17.3 Å². The first kappa shape index (κ1) is 21.8. The maximum Gasteiger partial charge on any atom is 0.341 e. The average Bonchev–Trinajstić information content (AvgIpc) is 3.14. The molecule has 2 rings (SSSR count). The summed E-state index contributed by atoms with van der Waals surface area (Å²) in [4.78, 5) is 61.8. The van der Waals surface area contributed by atoms with E-state index in [1.807, 2.05) is 0 Å². The van der Waals surface area contributed by atoms with Crippen molar-refractivity contribution < 1.29 is 14.3 Å². The van der Waals surface area contributed by atoms with Crippen molar-refractivity contribution in [2.75, 3.05) is 11.9 Å². The summed E-state index contributed by atoms with van der Waals surface area (Å²) in [7, 11) is 0. The molecule has 0 radical (unpaired) electrons. The van der Waals surface area contributed by atoms with Crippen LogP contribution in [0.2, 0.25) is 0 Å². The van der Waals surface area contributed by atoms with Gasteiger partial charge in [-0.2, -0.15) is 0 Å². The molecular weight excluding hydrogens is 400 g/mol. The summed E-state index contributed by atoms with van der Waals surface area (Å²) >= 11 is 1.09. The Labute approximate surface area is 169 Å². The summed E-state index contributed by atoms with van der Waals surface area (Å²) < 4.78 is 7.14. The fourth-order valence-electron chi connectivity index (χ4n) is 2.47. The predicted molar refractivity (Wildman–Crippen MR) is 109 cm³/mol. The minimum absolute atomic E-state index is 0.130. The van der Waals surface area contributed by atoms with Gasteiger partial charge >= 0.3 is 23.0 Å². The third-order valence-corrected chi connectivity index (χ3v) is 4.55. The lowest BCUT2D eigenvalue weighted by molar-refractivity contribution is -0.116. The number of nitrogens with one attached hydrogen (secondary N) is 1. The number of allylic oxidation sites excluding steroid dienone is 2. The van der Waals surface area contributed by atoms with E-state index >= 15 is 0 Å². The lowest BCUT2D eigenvalue weighted by Gasteiger charge is -2.12. The smallest absolute Gasteiger partial charge is 0.341 e. The predicted octanol–water partition coefficient (Wildman–Crippen LogP) is 0.421. The average molecular weight is 420 g/mol. The molecule has 2 aromatic heterocycles. The van der Waals surface area contributed by atoms with Gasteiger partial charge < -0.3 is 10.1 Å². The van der Waals surface area contributed by atoms with Gasteiger partial charge in [-0.05, 0) is 18.4 Å². The van der Waals surface area contributed by atoms with Crippen LogP contribution in [0.25, 0.3) is 0 Å². The standard InChI is InChI=1S/C18H20N4O6S/c1-4-8-20-16(25)21(9-5-2)18(27)22(17(20)26)11-13(23)19-14-12(7-10-29-14)15(24)28-6-3/h4-5,7,10H,1-2,6,8-9,11H2,3H3,(H,19,23). The van der Waals surface area contributed by atoms with Gasteiger partial charge in [0.05, 0.1) is 25.3 Å². The molecule has 0 saturated heterocycles. The molecule has 29 heavy (non-hydrogen) atoms. The summed E-state index contributed by atoms with van der Waals surface area (Å²) in [6, 6.07) is 1.49. The third kappa shape index (κ3) is 4.69. The Hall–Kier alpha value is -3.47. The van der Waals surface area contributed by atoms with E-state index in [9.17, 15) is 24.0 Å². The van der Waals surface area contributed by atoms with E-state index in [1.165, 1.54) is 18.2 Å². The fourth-order valence-corrected chi connectivity index (χ4v) is 3.27. The number of ether oxygens (including phenoxy) is 1. The van der Waals surface area contributed by atoms with Crippen LogP contribution in [0.3, 0.4) is 0 Å².